The first-order valence-electron chi connectivity index (χ1n) is 5.36. The van der Waals surface area contributed by atoms with Crippen LogP contribution in [-0.4, -0.2) is 11.1 Å². The van der Waals surface area contributed by atoms with Gasteiger partial charge < -0.3 is 9.84 Å². The predicted octanol–water partition coefficient (Wildman–Crippen LogP) is 3.10. The van der Waals surface area contributed by atoms with E-state index >= 15 is 0 Å². The molecule has 0 aliphatic rings. The molecule has 0 saturated carbocycles. The molecular formula is C14H11FO3. The van der Waals surface area contributed by atoms with Crippen LogP contribution < -0.4 is 4.74 Å². The van der Waals surface area contributed by atoms with Gasteiger partial charge in [0.2, 0.25) is 0 Å². The van der Waals surface area contributed by atoms with Gasteiger partial charge in [0, 0.05) is 5.56 Å². The van der Waals surface area contributed by atoms with Crippen LogP contribution >= 0.6 is 0 Å². The molecule has 0 aromatic heterocycles. The summed E-state index contributed by atoms with van der Waals surface area (Å²) in [5.74, 6) is -0.807. The Kier molecular flexibility index (Phi) is 3.57. The summed E-state index contributed by atoms with van der Waals surface area (Å²) in [5.41, 5.74) is 0.646. The van der Waals surface area contributed by atoms with Gasteiger partial charge in [-0.2, -0.15) is 0 Å². The summed E-state index contributed by atoms with van der Waals surface area (Å²) in [6.45, 7) is 0.110. The average molecular weight is 246 g/mol. The van der Waals surface area contributed by atoms with Gasteiger partial charge in [0.25, 0.3) is 0 Å². The van der Waals surface area contributed by atoms with Gasteiger partial charge in [0.05, 0.1) is 5.56 Å². The highest BCUT2D eigenvalue weighted by Gasteiger charge is 2.04. The van der Waals surface area contributed by atoms with Gasteiger partial charge >= 0.3 is 5.97 Å². The summed E-state index contributed by atoms with van der Waals surface area (Å²) in [7, 11) is 0. The monoisotopic (exact) mass is 246 g/mol. The van der Waals surface area contributed by atoms with Crippen LogP contribution in [0.25, 0.3) is 0 Å². The second-order valence-corrected chi connectivity index (χ2v) is 3.71. The summed E-state index contributed by atoms with van der Waals surface area (Å²) in [6.07, 6.45) is 0. The third-order valence-electron chi connectivity index (χ3n) is 2.45. The van der Waals surface area contributed by atoms with E-state index in [2.05, 4.69) is 0 Å². The highest BCUT2D eigenvalue weighted by molar-refractivity contribution is 5.87. The SMILES string of the molecule is O=C(O)c1ccc(OCc2ccccc2F)cc1. The number of carboxylic acids is 1. The van der Waals surface area contributed by atoms with Gasteiger partial charge in [-0.05, 0) is 30.3 Å². The molecule has 92 valence electrons. The van der Waals surface area contributed by atoms with Crippen molar-refractivity contribution in [2.45, 2.75) is 6.61 Å². The quantitative estimate of drug-likeness (QED) is 0.901. The largest absolute Gasteiger partial charge is 0.489 e. The zero-order valence-corrected chi connectivity index (χ0v) is 9.47. The van der Waals surface area contributed by atoms with Gasteiger partial charge in [-0.15, -0.1) is 0 Å². The van der Waals surface area contributed by atoms with Crippen LogP contribution in [0.2, 0.25) is 0 Å². The Bertz CT molecular complexity index is 549. The molecule has 4 heteroatoms. The number of hydrogen-bond donors (Lipinski definition) is 1. The molecule has 0 saturated heterocycles. The number of hydrogen-bond acceptors (Lipinski definition) is 2. The molecule has 0 fully saturated rings. The van der Waals surface area contributed by atoms with Crippen molar-refractivity contribution in [3.05, 3.63) is 65.5 Å². The first-order chi connectivity index (χ1) is 8.66. The van der Waals surface area contributed by atoms with Crippen molar-refractivity contribution in [1.29, 1.82) is 0 Å². The van der Waals surface area contributed by atoms with E-state index in [-0.39, 0.29) is 18.0 Å². The predicted molar refractivity (Wildman–Crippen MR) is 64.1 cm³/mol. The number of benzene rings is 2. The van der Waals surface area contributed by atoms with Crippen LogP contribution in [0, 0.1) is 5.82 Å². The molecule has 0 unspecified atom stereocenters. The molecule has 0 atom stereocenters. The standard InChI is InChI=1S/C14H11FO3/c15-13-4-2-1-3-11(13)9-18-12-7-5-10(6-8-12)14(16)17/h1-8H,9H2,(H,16,17). The van der Waals surface area contributed by atoms with Crippen molar-refractivity contribution in [1.82, 2.24) is 0 Å². The van der Waals surface area contributed by atoms with Gasteiger partial charge in [-0.1, -0.05) is 18.2 Å². The van der Waals surface area contributed by atoms with E-state index < -0.39 is 5.97 Å². The highest BCUT2D eigenvalue weighted by Crippen LogP contribution is 2.15. The zero-order chi connectivity index (χ0) is 13.0. The molecule has 18 heavy (non-hydrogen) atoms. The first-order valence-corrected chi connectivity index (χ1v) is 5.36. The highest BCUT2D eigenvalue weighted by atomic mass is 19.1. The smallest absolute Gasteiger partial charge is 0.335 e. The van der Waals surface area contributed by atoms with Crippen LogP contribution in [-0.2, 0) is 6.61 Å². The van der Waals surface area contributed by atoms with E-state index in [0.29, 0.717) is 11.3 Å². The Morgan fingerprint density at radius 3 is 2.39 bits per heavy atom. The second kappa shape index (κ2) is 5.31. The Morgan fingerprint density at radius 1 is 1.11 bits per heavy atom. The number of ether oxygens (including phenoxy) is 1. The van der Waals surface area contributed by atoms with Gasteiger partial charge in [-0.3, -0.25) is 0 Å². The molecule has 2 aromatic rings. The molecule has 0 aliphatic carbocycles. The van der Waals surface area contributed by atoms with Gasteiger partial charge in [-0.25, -0.2) is 9.18 Å². The third kappa shape index (κ3) is 2.85. The van der Waals surface area contributed by atoms with Crippen LogP contribution in [0.4, 0.5) is 4.39 Å². The molecule has 0 aliphatic heterocycles. The third-order valence-corrected chi connectivity index (χ3v) is 2.45. The summed E-state index contributed by atoms with van der Waals surface area (Å²) < 4.78 is 18.7. The van der Waals surface area contributed by atoms with Crippen molar-refractivity contribution < 1.29 is 19.0 Å². The number of carbonyl (C=O) groups is 1. The number of halogens is 1. The maximum atomic E-state index is 13.3. The lowest BCUT2D eigenvalue weighted by molar-refractivity contribution is 0.0697. The summed E-state index contributed by atoms with van der Waals surface area (Å²) in [6, 6.07) is 12.3. The fourth-order valence-electron chi connectivity index (χ4n) is 1.47. The van der Waals surface area contributed by atoms with E-state index in [4.69, 9.17) is 9.84 Å². The van der Waals surface area contributed by atoms with E-state index in [1.54, 1.807) is 30.3 Å². The van der Waals surface area contributed by atoms with Crippen LogP contribution in [0.15, 0.2) is 48.5 Å². The Labute approximate surface area is 103 Å². The van der Waals surface area contributed by atoms with Crippen molar-refractivity contribution in [3.63, 3.8) is 0 Å². The maximum Gasteiger partial charge on any atom is 0.335 e. The number of aromatic carboxylic acids is 1. The van der Waals surface area contributed by atoms with Crippen molar-refractivity contribution in [3.8, 4) is 5.75 Å². The summed E-state index contributed by atoms with van der Waals surface area (Å²) >= 11 is 0. The molecule has 0 amide bonds. The van der Waals surface area contributed by atoms with Crippen LogP contribution in [0.3, 0.4) is 0 Å². The van der Waals surface area contributed by atoms with Gasteiger partial charge in [0.1, 0.15) is 18.2 Å². The molecule has 0 bridgehead atoms. The first kappa shape index (κ1) is 12.1. The fourth-order valence-corrected chi connectivity index (χ4v) is 1.47. The molecule has 0 radical (unpaired) electrons. The molecule has 3 nitrogen and oxygen atoms in total. The van der Waals surface area contributed by atoms with E-state index in [9.17, 15) is 9.18 Å². The number of carboxylic acid groups (broad SMARTS) is 1. The van der Waals surface area contributed by atoms with E-state index in [1.165, 1.54) is 18.2 Å². The molecule has 2 aromatic carbocycles. The minimum Gasteiger partial charge on any atom is -0.489 e. The Hall–Kier alpha value is -2.36. The molecule has 0 spiro atoms. The second-order valence-electron chi connectivity index (χ2n) is 3.71. The molecular weight excluding hydrogens is 235 g/mol. The lowest BCUT2D eigenvalue weighted by Crippen LogP contribution is -1.99. The van der Waals surface area contributed by atoms with Crippen LogP contribution in [0.1, 0.15) is 15.9 Å². The van der Waals surface area contributed by atoms with Crippen LogP contribution in [0.5, 0.6) is 5.75 Å². The summed E-state index contributed by atoms with van der Waals surface area (Å²) in [5, 5.41) is 8.73. The minimum absolute atomic E-state index is 0.110. The summed E-state index contributed by atoms with van der Waals surface area (Å²) in [4.78, 5) is 10.6. The van der Waals surface area contributed by atoms with Crippen molar-refractivity contribution in [2.75, 3.05) is 0 Å². The molecule has 0 heterocycles. The van der Waals surface area contributed by atoms with Crippen molar-refractivity contribution in [2.24, 2.45) is 0 Å². The molecule has 2 rings (SSSR count). The maximum absolute atomic E-state index is 13.3. The normalized spacial score (nSPS) is 10.1. The lowest BCUT2D eigenvalue weighted by atomic mass is 10.2. The number of rotatable bonds is 4. The Morgan fingerprint density at radius 2 is 1.78 bits per heavy atom. The fraction of sp³-hybridized carbons (Fsp3) is 0.0714. The zero-order valence-electron chi connectivity index (χ0n) is 9.47. The van der Waals surface area contributed by atoms with Gasteiger partial charge in [0.15, 0.2) is 0 Å². The van der Waals surface area contributed by atoms with E-state index in [0.717, 1.165) is 0 Å². The average Bonchev–Trinajstić information content (AvgIpc) is 2.38. The minimum atomic E-state index is -0.990. The molecule has 1 N–H and O–H groups in total. The van der Waals surface area contributed by atoms with E-state index in [1.807, 2.05) is 0 Å². The van der Waals surface area contributed by atoms with Crippen molar-refractivity contribution >= 4 is 5.97 Å². The Balaban J connectivity index is 2.02. The lowest BCUT2D eigenvalue weighted by Gasteiger charge is -2.07. The topological polar surface area (TPSA) is 46.5 Å².